The summed E-state index contributed by atoms with van der Waals surface area (Å²) in [5.74, 6) is 2.15. The molecule has 1 spiro atoms. The van der Waals surface area contributed by atoms with Gasteiger partial charge in [0.15, 0.2) is 0 Å². The summed E-state index contributed by atoms with van der Waals surface area (Å²) in [5.41, 5.74) is 9.89. The molecule has 3 heterocycles. The van der Waals surface area contributed by atoms with Crippen LogP contribution in [0.25, 0.3) is 0 Å². The molecule has 0 aromatic carbocycles. The van der Waals surface area contributed by atoms with Crippen molar-refractivity contribution in [2.24, 2.45) is 40.7 Å². The van der Waals surface area contributed by atoms with E-state index in [-0.39, 0.29) is 48.4 Å². The molecular weight excluding hydrogens is 504 g/mol. The van der Waals surface area contributed by atoms with Crippen molar-refractivity contribution in [3.63, 3.8) is 0 Å². The van der Waals surface area contributed by atoms with Crippen molar-refractivity contribution in [3.8, 4) is 0 Å². The number of carbonyl (C=O) groups excluding carboxylic acids is 2. The van der Waals surface area contributed by atoms with Crippen molar-refractivity contribution in [1.82, 2.24) is 0 Å². The van der Waals surface area contributed by atoms with Crippen molar-refractivity contribution in [3.05, 3.63) is 46.0 Å². The summed E-state index contributed by atoms with van der Waals surface area (Å²) in [6, 6.07) is 0. The number of hydrogen-bond acceptors (Lipinski definition) is 6. The first-order valence-corrected chi connectivity index (χ1v) is 16.0. The fraction of sp³-hybridized carbons (Fsp3) is 0.697. The Hall–Kier alpha value is -2.22. The largest absolute Gasteiger partial charge is 0.427 e. The van der Waals surface area contributed by atoms with Gasteiger partial charge in [0.2, 0.25) is 0 Å². The summed E-state index contributed by atoms with van der Waals surface area (Å²) in [7, 11) is 0. The zero-order valence-corrected chi connectivity index (χ0v) is 24.3. The molecule has 1 saturated carbocycles. The third kappa shape index (κ3) is 4.26. The number of esters is 2. The van der Waals surface area contributed by atoms with Crippen LogP contribution in [0.1, 0.15) is 90.9 Å². The van der Waals surface area contributed by atoms with Crippen molar-refractivity contribution in [1.29, 1.82) is 0 Å². The van der Waals surface area contributed by atoms with Gasteiger partial charge in [0.25, 0.3) is 0 Å². The summed E-state index contributed by atoms with van der Waals surface area (Å²) in [6.45, 7) is 5.41. The van der Waals surface area contributed by atoms with Crippen LogP contribution >= 0.6 is 0 Å². The van der Waals surface area contributed by atoms with E-state index < -0.39 is 5.41 Å². The smallest absolute Gasteiger partial charge is 0.340 e. The molecule has 3 aliphatic heterocycles. The van der Waals surface area contributed by atoms with E-state index in [2.05, 4.69) is 31.3 Å². The molecule has 7 unspecified atom stereocenters. The highest BCUT2D eigenvalue weighted by molar-refractivity contribution is 6.00. The Morgan fingerprint density at radius 3 is 2.65 bits per heavy atom. The number of nitrogens with two attached hydrogens (primary N) is 2. The first-order valence-electron chi connectivity index (χ1n) is 16.0. The van der Waals surface area contributed by atoms with Gasteiger partial charge in [-0.2, -0.15) is 0 Å². The topological polar surface area (TPSA) is 115 Å². The fourth-order valence-corrected chi connectivity index (χ4v) is 9.40. The number of piperidine rings is 1. The van der Waals surface area contributed by atoms with Gasteiger partial charge in [0.1, 0.15) is 17.7 Å². The van der Waals surface area contributed by atoms with Crippen LogP contribution in [0, 0.1) is 35.0 Å². The maximum absolute atomic E-state index is 14.0. The van der Waals surface area contributed by atoms with Gasteiger partial charge in [0, 0.05) is 36.5 Å². The van der Waals surface area contributed by atoms with Crippen molar-refractivity contribution >= 4 is 11.9 Å². The third-order valence-corrected chi connectivity index (χ3v) is 10.9. The Kier molecular flexibility index (Phi) is 7.83. The highest BCUT2D eigenvalue weighted by Gasteiger charge is 2.68. The molecule has 0 aromatic heterocycles. The number of unbranched alkanes of at least 4 members (excludes halogenated alkanes) is 2. The summed E-state index contributed by atoms with van der Waals surface area (Å²) >= 11 is 0. The lowest BCUT2D eigenvalue weighted by molar-refractivity contribution is -0.699. The van der Waals surface area contributed by atoms with E-state index in [1.165, 1.54) is 5.57 Å². The number of aliphatic hydroxyl groups excluding tert-OH is 1. The zero-order chi connectivity index (χ0) is 28.0. The molecule has 7 rings (SSSR count). The predicted molar refractivity (Wildman–Crippen MR) is 151 cm³/mol. The highest BCUT2D eigenvalue weighted by atomic mass is 16.5. The fourth-order valence-electron chi connectivity index (χ4n) is 9.40. The van der Waals surface area contributed by atoms with Crippen molar-refractivity contribution < 1.29 is 29.5 Å². The molecule has 0 aromatic rings. The highest BCUT2D eigenvalue weighted by Crippen LogP contribution is 2.71. The quantitative estimate of drug-likeness (QED) is 0.371. The molecule has 40 heavy (non-hydrogen) atoms. The van der Waals surface area contributed by atoms with Gasteiger partial charge < -0.3 is 19.9 Å². The molecule has 2 bridgehead atoms. The van der Waals surface area contributed by atoms with Crippen LogP contribution in [0.3, 0.4) is 0 Å². The van der Waals surface area contributed by atoms with Crippen LogP contribution in [-0.4, -0.2) is 36.4 Å². The Labute approximate surface area is 238 Å². The van der Waals surface area contributed by atoms with Gasteiger partial charge in [-0.15, -0.1) is 0 Å². The predicted octanol–water partition coefficient (Wildman–Crippen LogP) is 4.14. The van der Waals surface area contributed by atoms with Crippen molar-refractivity contribution in [2.75, 3.05) is 13.2 Å². The van der Waals surface area contributed by atoms with E-state index in [0.717, 1.165) is 105 Å². The number of rotatable bonds is 9. The SMILES string of the molecule is CCCC=C1OC(=O)C2=C1CCC1C3CCC4(C(=CCCC)OC(=O)C4=C3C(CCCO)C3CC[NH2+]C(N)C3)C21. The van der Waals surface area contributed by atoms with Crippen LogP contribution in [0.2, 0.25) is 0 Å². The minimum absolute atomic E-state index is 0.0722. The standard InChI is InChI=1S/C33H46N2O5/c1-3-5-9-24-23-12-11-22-21-13-15-33(29(22)28(23)31(37)39-24)25(10-6-4-2)40-32(38)30(33)27(21)20(8-7-17-36)19-14-16-35-26(34)18-19/h9-10,19-22,26,29,35-36H,3-8,11-18,34H2,1-2H3/p+1. The molecule has 4 aliphatic carbocycles. The summed E-state index contributed by atoms with van der Waals surface area (Å²) in [5, 5.41) is 12.1. The molecule has 2 saturated heterocycles. The van der Waals surface area contributed by atoms with E-state index in [4.69, 9.17) is 15.2 Å². The molecule has 3 fully saturated rings. The second kappa shape index (κ2) is 11.2. The Bertz CT molecular complexity index is 1180. The average Bonchev–Trinajstić information content (AvgIpc) is 3.44. The van der Waals surface area contributed by atoms with Crippen molar-refractivity contribution in [2.45, 2.75) is 97.1 Å². The maximum atomic E-state index is 14.0. The van der Waals surface area contributed by atoms with E-state index in [1.807, 2.05) is 0 Å². The normalized spacial score (nSPS) is 37.5. The number of ether oxygens (including phenoxy) is 2. The number of aliphatic hydroxyl groups is 1. The van der Waals surface area contributed by atoms with Crippen LogP contribution < -0.4 is 11.1 Å². The lowest BCUT2D eigenvalue weighted by atomic mass is 9.43. The molecule has 5 N–H and O–H groups in total. The van der Waals surface area contributed by atoms with Crippen LogP contribution in [0.15, 0.2) is 46.0 Å². The first-order chi connectivity index (χ1) is 19.5. The second-order valence-corrected chi connectivity index (χ2v) is 13.0. The van der Waals surface area contributed by atoms with Gasteiger partial charge in [-0.25, -0.2) is 9.59 Å². The Morgan fingerprint density at radius 2 is 1.90 bits per heavy atom. The van der Waals surface area contributed by atoms with Gasteiger partial charge in [-0.05, 0) is 87.2 Å². The number of hydrogen-bond donors (Lipinski definition) is 3. The van der Waals surface area contributed by atoms with Gasteiger partial charge >= 0.3 is 11.9 Å². The zero-order valence-electron chi connectivity index (χ0n) is 24.3. The van der Waals surface area contributed by atoms with Gasteiger partial charge in [0.05, 0.1) is 17.5 Å². The summed E-state index contributed by atoms with van der Waals surface area (Å²) in [6.07, 6.45) is 15.2. The lowest BCUT2D eigenvalue weighted by Crippen LogP contribution is -2.94. The van der Waals surface area contributed by atoms with E-state index >= 15 is 0 Å². The molecule has 0 radical (unpaired) electrons. The summed E-state index contributed by atoms with van der Waals surface area (Å²) < 4.78 is 12.2. The van der Waals surface area contributed by atoms with E-state index in [9.17, 15) is 14.7 Å². The number of carbonyl (C=O) groups is 2. The third-order valence-electron chi connectivity index (χ3n) is 10.9. The van der Waals surface area contributed by atoms with Gasteiger partial charge in [-0.3, -0.25) is 5.73 Å². The molecule has 7 heteroatoms. The lowest BCUT2D eigenvalue weighted by Gasteiger charge is -2.58. The minimum atomic E-state index is -0.596. The number of quaternary nitrogens is 1. The number of cyclic esters (lactones) is 2. The molecular formula is C33H47N2O5+. The first kappa shape index (κ1) is 27.9. The van der Waals surface area contributed by atoms with E-state index in [0.29, 0.717) is 12.3 Å². The number of allylic oxidation sites excluding steroid dienone is 5. The molecule has 7 nitrogen and oxygen atoms in total. The Balaban J connectivity index is 1.54. The molecule has 0 amide bonds. The average molecular weight is 552 g/mol. The van der Waals surface area contributed by atoms with Crippen LogP contribution in [-0.2, 0) is 19.1 Å². The second-order valence-electron chi connectivity index (χ2n) is 13.0. The summed E-state index contributed by atoms with van der Waals surface area (Å²) in [4.78, 5) is 27.6. The minimum Gasteiger partial charge on any atom is -0.427 e. The number of fused-ring (bicyclic) bond motifs is 1. The van der Waals surface area contributed by atoms with Crippen LogP contribution in [0.4, 0.5) is 0 Å². The molecule has 218 valence electrons. The van der Waals surface area contributed by atoms with E-state index in [1.54, 1.807) is 0 Å². The monoisotopic (exact) mass is 551 g/mol. The van der Waals surface area contributed by atoms with Gasteiger partial charge in [-0.1, -0.05) is 32.3 Å². The van der Waals surface area contributed by atoms with Crippen LogP contribution in [0.5, 0.6) is 0 Å². The molecule has 7 aliphatic rings. The molecule has 7 atom stereocenters. The maximum Gasteiger partial charge on any atom is 0.340 e. The Morgan fingerprint density at radius 1 is 1.10 bits per heavy atom.